The molecular weight excluding hydrogens is 293 g/mol. The molecule has 21 heavy (non-hydrogen) atoms. The third-order valence-corrected chi connectivity index (χ3v) is 3.20. The number of likely N-dealkylation sites (N-methyl/N-ethyl adjacent to an activating group) is 1. The number of hydrogen-bond donors (Lipinski definition) is 0. The fraction of sp³-hybridized carbons (Fsp3) is 0.188. The third kappa shape index (κ3) is 4.46. The molecule has 0 N–H and O–H groups in total. The molecule has 0 saturated carbocycles. The van der Waals surface area contributed by atoms with Crippen molar-refractivity contribution in [3.63, 3.8) is 0 Å². The number of halogens is 2. The Morgan fingerprint density at radius 3 is 2.38 bits per heavy atom. The Morgan fingerprint density at radius 1 is 1.14 bits per heavy atom. The zero-order valence-electron chi connectivity index (χ0n) is 11.6. The first-order valence-electron chi connectivity index (χ1n) is 6.45. The summed E-state index contributed by atoms with van der Waals surface area (Å²) < 4.78 is 18.3. The molecule has 0 bridgehead atoms. The topological polar surface area (TPSA) is 29.5 Å². The maximum absolute atomic E-state index is 12.8. The highest BCUT2D eigenvalue weighted by Gasteiger charge is 2.11. The Kier molecular flexibility index (Phi) is 5.17. The van der Waals surface area contributed by atoms with E-state index in [0.29, 0.717) is 29.5 Å². The number of hydrogen-bond acceptors (Lipinski definition) is 2. The summed E-state index contributed by atoms with van der Waals surface area (Å²) in [5.74, 6) is 0.164. The van der Waals surface area contributed by atoms with Gasteiger partial charge >= 0.3 is 0 Å². The van der Waals surface area contributed by atoms with Crippen LogP contribution in [-0.4, -0.2) is 31.0 Å². The predicted molar refractivity (Wildman–Crippen MR) is 80.3 cm³/mol. The summed E-state index contributed by atoms with van der Waals surface area (Å²) in [5.41, 5.74) is 0.449. The summed E-state index contributed by atoms with van der Waals surface area (Å²) in [6, 6.07) is 12.5. The van der Waals surface area contributed by atoms with Crippen LogP contribution in [0.15, 0.2) is 48.5 Å². The second-order valence-corrected chi connectivity index (χ2v) is 4.97. The highest BCUT2D eigenvalue weighted by Crippen LogP contribution is 2.15. The molecule has 0 saturated heterocycles. The fourth-order valence-electron chi connectivity index (χ4n) is 1.75. The average Bonchev–Trinajstić information content (AvgIpc) is 2.49. The van der Waals surface area contributed by atoms with Crippen molar-refractivity contribution < 1.29 is 13.9 Å². The molecule has 2 rings (SSSR count). The SMILES string of the molecule is CN(CCOc1ccc(Cl)cc1)C(=O)c1ccc(F)cc1. The Hall–Kier alpha value is -2.07. The van der Waals surface area contributed by atoms with Crippen LogP contribution in [0.4, 0.5) is 4.39 Å². The smallest absolute Gasteiger partial charge is 0.253 e. The van der Waals surface area contributed by atoms with Gasteiger partial charge in [0.2, 0.25) is 0 Å². The summed E-state index contributed by atoms with van der Waals surface area (Å²) >= 11 is 5.78. The van der Waals surface area contributed by atoms with Gasteiger partial charge in [-0.1, -0.05) is 11.6 Å². The maximum Gasteiger partial charge on any atom is 0.253 e. The first kappa shape index (κ1) is 15.3. The second-order valence-electron chi connectivity index (χ2n) is 4.54. The van der Waals surface area contributed by atoms with E-state index in [1.807, 2.05) is 0 Å². The lowest BCUT2D eigenvalue weighted by atomic mass is 10.2. The number of carbonyl (C=O) groups excluding carboxylic acids is 1. The van der Waals surface area contributed by atoms with Crippen molar-refractivity contribution in [2.45, 2.75) is 0 Å². The number of rotatable bonds is 5. The molecule has 0 aliphatic rings. The van der Waals surface area contributed by atoms with E-state index in [-0.39, 0.29) is 11.7 Å². The zero-order valence-corrected chi connectivity index (χ0v) is 12.3. The number of amides is 1. The lowest BCUT2D eigenvalue weighted by Gasteiger charge is -2.17. The van der Waals surface area contributed by atoms with Crippen molar-refractivity contribution in [3.05, 3.63) is 64.9 Å². The Bertz CT molecular complexity index is 599. The first-order chi connectivity index (χ1) is 10.1. The van der Waals surface area contributed by atoms with Gasteiger partial charge in [0.15, 0.2) is 0 Å². The average molecular weight is 308 g/mol. The van der Waals surface area contributed by atoms with Gasteiger partial charge in [-0.25, -0.2) is 4.39 Å². The van der Waals surface area contributed by atoms with Gasteiger partial charge in [0.05, 0.1) is 6.54 Å². The minimum atomic E-state index is -0.361. The molecule has 0 radical (unpaired) electrons. The van der Waals surface area contributed by atoms with E-state index < -0.39 is 0 Å². The maximum atomic E-state index is 12.8. The predicted octanol–water partition coefficient (Wildman–Crippen LogP) is 3.63. The molecule has 0 aliphatic carbocycles. The fourth-order valence-corrected chi connectivity index (χ4v) is 1.87. The normalized spacial score (nSPS) is 10.2. The molecule has 0 heterocycles. The third-order valence-electron chi connectivity index (χ3n) is 2.95. The van der Waals surface area contributed by atoms with Crippen molar-refractivity contribution in [3.8, 4) is 5.75 Å². The van der Waals surface area contributed by atoms with Gasteiger partial charge in [0.25, 0.3) is 5.91 Å². The molecule has 0 atom stereocenters. The second kappa shape index (κ2) is 7.09. The van der Waals surface area contributed by atoms with Crippen molar-refractivity contribution in [2.75, 3.05) is 20.2 Å². The van der Waals surface area contributed by atoms with Gasteiger partial charge in [-0.3, -0.25) is 4.79 Å². The van der Waals surface area contributed by atoms with Gasteiger partial charge in [-0.05, 0) is 48.5 Å². The molecule has 1 amide bonds. The molecule has 0 fully saturated rings. The van der Waals surface area contributed by atoms with Crippen LogP contribution in [0.3, 0.4) is 0 Å². The molecule has 0 unspecified atom stereocenters. The lowest BCUT2D eigenvalue weighted by molar-refractivity contribution is 0.0773. The molecule has 0 aliphatic heterocycles. The van der Waals surface area contributed by atoms with E-state index in [0.717, 1.165) is 0 Å². The van der Waals surface area contributed by atoms with Crippen molar-refractivity contribution in [1.29, 1.82) is 0 Å². The molecule has 3 nitrogen and oxygen atoms in total. The van der Waals surface area contributed by atoms with Gasteiger partial charge in [-0.2, -0.15) is 0 Å². The van der Waals surface area contributed by atoms with Crippen molar-refractivity contribution in [2.24, 2.45) is 0 Å². The van der Waals surface area contributed by atoms with Crippen molar-refractivity contribution >= 4 is 17.5 Å². The van der Waals surface area contributed by atoms with E-state index in [1.54, 1.807) is 31.3 Å². The molecule has 2 aromatic rings. The molecule has 110 valence electrons. The zero-order chi connectivity index (χ0) is 15.2. The number of nitrogens with zero attached hydrogens (tertiary/aromatic N) is 1. The van der Waals surface area contributed by atoms with Crippen LogP contribution in [0.1, 0.15) is 10.4 Å². The minimum Gasteiger partial charge on any atom is -0.492 e. The van der Waals surface area contributed by atoms with Gasteiger partial charge in [0.1, 0.15) is 18.2 Å². The van der Waals surface area contributed by atoms with Crippen LogP contribution < -0.4 is 4.74 Å². The van der Waals surface area contributed by atoms with Crippen LogP contribution >= 0.6 is 11.6 Å². The molecule has 2 aromatic carbocycles. The molecule has 0 spiro atoms. The summed E-state index contributed by atoms with van der Waals surface area (Å²) in [7, 11) is 1.68. The minimum absolute atomic E-state index is 0.172. The number of ether oxygens (including phenoxy) is 1. The molecular formula is C16H15ClFNO2. The highest BCUT2D eigenvalue weighted by molar-refractivity contribution is 6.30. The van der Waals surface area contributed by atoms with Crippen LogP contribution in [0.5, 0.6) is 5.75 Å². The highest BCUT2D eigenvalue weighted by atomic mass is 35.5. The van der Waals surface area contributed by atoms with Crippen LogP contribution in [0, 0.1) is 5.82 Å². The first-order valence-corrected chi connectivity index (χ1v) is 6.83. The Labute approximate surface area is 127 Å². The van der Waals surface area contributed by atoms with Crippen molar-refractivity contribution in [1.82, 2.24) is 4.90 Å². The van der Waals surface area contributed by atoms with E-state index in [1.165, 1.54) is 29.2 Å². The van der Waals surface area contributed by atoms with Crippen LogP contribution in [0.25, 0.3) is 0 Å². The van der Waals surface area contributed by atoms with E-state index in [9.17, 15) is 9.18 Å². The van der Waals surface area contributed by atoms with Gasteiger partial charge in [-0.15, -0.1) is 0 Å². The standard InChI is InChI=1S/C16H15ClFNO2/c1-19(16(20)12-2-6-14(18)7-3-12)10-11-21-15-8-4-13(17)5-9-15/h2-9H,10-11H2,1H3. The lowest BCUT2D eigenvalue weighted by Crippen LogP contribution is -2.30. The summed E-state index contributed by atoms with van der Waals surface area (Å²) in [6.45, 7) is 0.796. The number of benzene rings is 2. The molecule has 0 aromatic heterocycles. The van der Waals surface area contributed by atoms with E-state index in [4.69, 9.17) is 16.3 Å². The Morgan fingerprint density at radius 2 is 1.76 bits per heavy atom. The van der Waals surface area contributed by atoms with Crippen LogP contribution in [-0.2, 0) is 0 Å². The summed E-state index contributed by atoms with van der Waals surface area (Å²) in [4.78, 5) is 13.6. The largest absolute Gasteiger partial charge is 0.492 e. The monoisotopic (exact) mass is 307 g/mol. The van der Waals surface area contributed by atoms with Gasteiger partial charge in [0, 0.05) is 17.6 Å². The number of carbonyl (C=O) groups is 1. The van der Waals surface area contributed by atoms with Gasteiger partial charge < -0.3 is 9.64 Å². The Balaban J connectivity index is 1.83. The quantitative estimate of drug-likeness (QED) is 0.844. The van der Waals surface area contributed by atoms with E-state index >= 15 is 0 Å². The molecule has 5 heteroatoms. The summed E-state index contributed by atoms with van der Waals surface area (Å²) in [6.07, 6.45) is 0. The summed E-state index contributed by atoms with van der Waals surface area (Å²) in [5, 5.41) is 0.644. The van der Waals surface area contributed by atoms with Crippen LogP contribution in [0.2, 0.25) is 5.02 Å². The van der Waals surface area contributed by atoms with E-state index in [2.05, 4.69) is 0 Å².